The van der Waals surface area contributed by atoms with Crippen molar-refractivity contribution < 1.29 is 13.9 Å². The molecule has 2 aromatic rings. The zero-order chi connectivity index (χ0) is 14.7. The second-order valence-corrected chi connectivity index (χ2v) is 5.16. The molecule has 1 aliphatic heterocycles. The highest BCUT2D eigenvalue weighted by Gasteiger charge is 2.26. The summed E-state index contributed by atoms with van der Waals surface area (Å²) in [5.41, 5.74) is 1.42. The number of piperidine rings is 1. The van der Waals surface area contributed by atoms with E-state index in [2.05, 4.69) is 10.2 Å². The van der Waals surface area contributed by atoms with E-state index in [-0.39, 0.29) is 12.0 Å². The second-order valence-electron chi connectivity index (χ2n) is 5.16. The summed E-state index contributed by atoms with van der Waals surface area (Å²) in [6, 6.07) is 5.34. The molecule has 0 N–H and O–H groups in total. The Morgan fingerprint density at radius 1 is 1.38 bits per heavy atom. The minimum Gasteiger partial charge on any atom is -0.472 e. The predicted molar refractivity (Wildman–Crippen MR) is 75.0 cm³/mol. The smallest absolute Gasteiger partial charge is 0.257 e. The number of amides is 1. The molecule has 0 aliphatic carbocycles. The van der Waals surface area contributed by atoms with Gasteiger partial charge in [-0.3, -0.25) is 4.79 Å². The Labute approximate surface area is 122 Å². The summed E-state index contributed by atoms with van der Waals surface area (Å²) < 4.78 is 10.8. The molecule has 1 fully saturated rings. The van der Waals surface area contributed by atoms with Gasteiger partial charge in [0.1, 0.15) is 12.4 Å². The highest BCUT2D eigenvalue weighted by Crippen LogP contribution is 2.18. The Hall–Kier alpha value is -2.37. The van der Waals surface area contributed by atoms with Gasteiger partial charge in [-0.15, -0.1) is 5.10 Å². The van der Waals surface area contributed by atoms with Crippen LogP contribution in [0.25, 0.3) is 0 Å². The van der Waals surface area contributed by atoms with Crippen LogP contribution in [0.2, 0.25) is 0 Å². The molecule has 3 rings (SSSR count). The fourth-order valence-electron chi connectivity index (χ4n) is 2.41. The van der Waals surface area contributed by atoms with E-state index in [0.29, 0.717) is 18.0 Å². The number of aromatic nitrogens is 2. The molecule has 0 bridgehead atoms. The minimum atomic E-state index is -0.0494. The molecule has 0 radical (unpaired) electrons. The molecule has 0 aromatic carbocycles. The van der Waals surface area contributed by atoms with Gasteiger partial charge in [0.2, 0.25) is 5.88 Å². The van der Waals surface area contributed by atoms with E-state index < -0.39 is 0 Å². The Kier molecular flexibility index (Phi) is 3.85. The van der Waals surface area contributed by atoms with Gasteiger partial charge in [-0.2, -0.15) is 5.10 Å². The number of nitrogens with zero attached hydrogens (tertiary/aromatic N) is 3. The van der Waals surface area contributed by atoms with Crippen LogP contribution in [0.5, 0.6) is 5.88 Å². The summed E-state index contributed by atoms with van der Waals surface area (Å²) in [4.78, 5) is 14.1. The topological polar surface area (TPSA) is 68.5 Å². The molecule has 1 saturated heterocycles. The third kappa shape index (κ3) is 3.21. The maximum atomic E-state index is 12.3. The predicted octanol–water partition coefficient (Wildman–Crippen LogP) is 2.06. The van der Waals surface area contributed by atoms with Crippen LogP contribution < -0.4 is 4.74 Å². The molecule has 6 heteroatoms. The van der Waals surface area contributed by atoms with Gasteiger partial charge in [-0.05, 0) is 31.9 Å². The lowest BCUT2D eigenvalue weighted by atomic mass is 10.1. The maximum Gasteiger partial charge on any atom is 0.257 e. The highest BCUT2D eigenvalue weighted by molar-refractivity contribution is 5.93. The number of hydrogen-bond donors (Lipinski definition) is 0. The van der Waals surface area contributed by atoms with Gasteiger partial charge in [0, 0.05) is 12.6 Å². The first-order chi connectivity index (χ1) is 10.2. The minimum absolute atomic E-state index is 0.0213. The van der Waals surface area contributed by atoms with Crippen molar-refractivity contribution in [2.45, 2.75) is 25.9 Å². The second kappa shape index (κ2) is 5.95. The summed E-state index contributed by atoms with van der Waals surface area (Å²) in [7, 11) is 0. The van der Waals surface area contributed by atoms with Gasteiger partial charge in [0.25, 0.3) is 5.91 Å². The van der Waals surface area contributed by atoms with E-state index in [9.17, 15) is 4.79 Å². The number of aryl methyl sites for hydroxylation is 1. The highest BCUT2D eigenvalue weighted by atomic mass is 16.5. The number of furan rings is 1. The number of ether oxygens (including phenoxy) is 1. The van der Waals surface area contributed by atoms with Gasteiger partial charge in [0.15, 0.2) is 0 Å². The molecule has 0 saturated carbocycles. The van der Waals surface area contributed by atoms with Crippen LogP contribution in [0.1, 0.15) is 28.9 Å². The fraction of sp³-hybridized carbons (Fsp3) is 0.400. The van der Waals surface area contributed by atoms with Gasteiger partial charge >= 0.3 is 0 Å². The van der Waals surface area contributed by atoms with Crippen LogP contribution >= 0.6 is 0 Å². The van der Waals surface area contributed by atoms with E-state index in [4.69, 9.17) is 9.15 Å². The zero-order valence-corrected chi connectivity index (χ0v) is 11.9. The van der Waals surface area contributed by atoms with E-state index in [1.165, 1.54) is 12.5 Å². The van der Waals surface area contributed by atoms with Crippen molar-refractivity contribution in [3.05, 3.63) is 42.0 Å². The molecule has 110 valence electrons. The molecule has 6 nitrogen and oxygen atoms in total. The lowest BCUT2D eigenvalue weighted by Crippen LogP contribution is -2.44. The molecule has 21 heavy (non-hydrogen) atoms. The van der Waals surface area contributed by atoms with E-state index >= 15 is 0 Å². The van der Waals surface area contributed by atoms with Crippen LogP contribution in [0, 0.1) is 6.92 Å². The first-order valence-corrected chi connectivity index (χ1v) is 7.01. The summed E-state index contributed by atoms with van der Waals surface area (Å²) in [6.45, 7) is 3.17. The standard InChI is InChI=1S/C15H17N3O3/c1-11-4-5-14(17-16-11)21-13-3-2-7-18(9-13)15(19)12-6-8-20-10-12/h4-6,8,10,13H,2-3,7,9H2,1H3. The number of rotatable bonds is 3. The number of carbonyl (C=O) groups excluding carboxylic acids is 1. The SMILES string of the molecule is Cc1ccc(OC2CCCN(C(=O)c3ccoc3)C2)nn1. The van der Waals surface area contributed by atoms with Crippen molar-refractivity contribution in [2.24, 2.45) is 0 Å². The lowest BCUT2D eigenvalue weighted by Gasteiger charge is -2.32. The number of hydrogen-bond acceptors (Lipinski definition) is 5. The van der Waals surface area contributed by atoms with E-state index in [1.54, 1.807) is 17.0 Å². The van der Waals surface area contributed by atoms with Crippen molar-refractivity contribution in [1.82, 2.24) is 15.1 Å². The number of carbonyl (C=O) groups is 1. The van der Waals surface area contributed by atoms with Crippen LogP contribution in [-0.4, -0.2) is 40.2 Å². The molecular formula is C15H17N3O3. The first kappa shape index (κ1) is 13.6. The van der Waals surface area contributed by atoms with Gasteiger partial charge in [0.05, 0.1) is 24.1 Å². The lowest BCUT2D eigenvalue weighted by molar-refractivity contribution is 0.0525. The fourth-order valence-corrected chi connectivity index (χ4v) is 2.41. The maximum absolute atomic E-state index is 12.3. The molecule has 1 unspecified atom stereocenters. The number of likely N-dealkylation sites (tertiary alicyclic amines) is 1. The third-order valence-electron chi connectivity index (χ3n) is 3.49. The normalized spacial score (nSPS) is 18.5. The van der Waals surface area contributed by atoms with Crippen molar-refractivity contribution in [3.63, 3.8) is 0 Å². The van der Waals surface area contributed by atoms with Crippen molar-refractivity contribution in [2.75, 3.05) is 13.1 Å². The summed E-state index contributed by atoms with van der Waals surface area (Å²) in [5, 5.41) is 7.97. The first-order valence-electron chi connectivity index (χ1n) is 7.01. The monoisotopic (exact) mass is 287 g/mol. The molecular weight excluding hydrogens is 270 g/mol. The Morgan fingerprint density at radius 2 is 2.29 bits per heavy atom. The molecule has 1 atom stereocenters. The quantitative estimate of drug-likeness (QED) is 0.864. The molecule has 3 heterocycles. The summed E-state index contributed by atoms with van der Waals surface area (Å²) in [5.74, 6) is 0.482. The average molecular weight is 287 g/mol. The third-order valence-corrected chi connectivity index (χ3v) is 3.49. The largest absolute Gasteiger partial charge is 0.472 e. The Balaban J connectivity index is 1.63. The van der Waals surface area contributed by atoms with Crippen LogP contribution in [0.4, 0.5) is 0 Å². The molecule has 1 amide bonds. The van der Waals surface area contributed by atoms with Crippen LogP contribution in [0.15, 0.2) is 35.1 Å². The van der Waals surface area contributed by atoms with Crippen LogP contribution in [0.3, 0.4) is 0 Å². The summed E-state index contributed by atoms with van der Waals surface area (Å²) in [6.07, 6.45) is 4.75. The Bertz CT molecular complexity index is 595. The molecule has 1 aliphatic rings. The van der Waals surface area contributed by atoms with Gasteiger partial charge in [-0.1, -0.05) is 0 Å². The van der Waals surface area contributed by atoms with Gasteiger partial charge < -0.3 is 14.1 Å². The summed E-state index contributed by atoms with van der Waals surface area (Å²) >= 11 is 0. The van der Waals surface area contributed by atoms with Crippen molar-refractivity contribution in [3.8, 4) is 5.88 Å². The van der Waals surface area contributed by atoms with E-state index in [1.807, 2.05) is 13.0 Å². The molecule has 0 spiro atoms. The molecule has 2 aromatic heterocycles. The van der Waals surface area contributed by atoms with Crippen molar-refractivity contribution >= 4 is 5.91 Å². The van der Waals surface area contributed by atoms with E-state index in [0.717, 1.165) is 25.1 Å². The average Bonchev–Trinajstić information content (AvgIpc) is 3.03. The zero-order valence-electron chi connectivity index (χ0n) is 11.9. The van der Waals surface area contributed by atoms with Crippen LogP contribution in [-0.2, 0) is 0 Å². The Morgan fingerprint density at radius 3 is 3.00 bits per heavy atom. The van der Waals surface area contributed by atoms with Crippen molar-refractivity contribution in [1.29, 1.82) is 0 Å². The van der Waals surface area contributed by atoms with Gasteiger partial charge in [-0.25, -0.2) is 0 Å².